The van der Waals surface area contributed by atoms with Crippen molar-refractivity contribution < 1.29 is 4.79 Å². The Morgan fingerprint density at radius 1 is 1.59 bits per heavy atom. The molecule has 0 saturated heterocycles. The second-order valence-electron chi connectivity index (χ2n) is 4.54. The summed E-state index contributed by atoms with van der Waals surface area (Å²) in [5.74, 6) is -0.0765. The van der Waals surface area contributed by atoms with E-state index in [0.717, 1.165) is 25.7 Å². The third-order valence-corrected chi connectivity index (χ3v) is 3.38. The number of nitrogens with zero attached hydrogens (tertiary/aromatic N) is 2. The maximum Gasteiger partial charge on any atom is 0.270 e. The summed E-state index contributed by atoms with van der Waals surface area (Å²) < 4.78 is 1.72. The van der Waals surface area contributed by atoms with Crippen molar-refractivity contribution in [3.05, 3.63) is 18.2 Å². The highest BCUT2D eigenvalue weighted by atomic mass is 35.5. The van der Waals surface area contributed by atoms with E-state index in [2.05, 4.69) is 10.3 Å². The van der Waals surface area contributed by atoms with Gasteiger partial charge in [-0.1, -0.05) is 12.8 Å². The molecule has 1 aliphatic carbocycles. The topological polar surface area (TPSA) is 72.9 Å². The van der Waals surface area contributed by atoms with Crippen molar-refractivity contribution in [1.82, 2.24) is 14.9 Å². The maximum atomic E-state index is 12.0. The number of carbonyl (C=O) groups excluding carboxylic acids is 1. The normalized spacial score (nSPS) is 17.5. The third kappa shape index (κ3) is 2.79. The largest absolute Gasteiger partial charge is 0.344 e. The summed E-state index contributed by atoms with van der Waals surface area (Å²) in [7, 11) is 1.81. The second-order valence-corrected chi connectivity index (χ2v) is 4.54. The third-order valence-electron chi connectivity index (χ3n) is 3.38. The van der Waals surface area contributed by atoms with Crippen LogP contribution in [0, 0.1) is 0 Å². The van der Waals surface area contributed by atoms with Crippen LogP contribution >= 0.6 is 12.4 Å². The highest BCUT2D eigenvalue weighted by Crippen LogP contribution is 2.28. The first-order valence-electron chi connectivity index (χ1n) is 5.66. The van der Waals surface area contributed by atoms with Crippen molar-refractivity contribution >= 4 is 18.3 Å². The Bertz CT molecular complexity index is 385. The number of rotatable bonds is 3. The SMILES string of the molecule is Cl.Cn1cncc1C(=O)NC1(CN)CCCC1. The summed E-state index contributed by atoms with van der Waals surface area (Å²) in [5, 5.41) is 3.06. The predicted molar refractivity (Wildman–Crippen MR) is 68.2 cm³/mol. The lowest BCUT2D eigenvalue weighted by molar-refractivity contribution is 0.0894. The van der Waals surface area contributed by atoms with Gasteiger partial charge in [0.2, 0.25) is 0 Å². The monoisotopic (exact) mass is 258 g/mol. The fourth-order valence-corrected chi connectivity index (χ4v) is 2.31. The van der Waals surface area contributed by atoms with Crippen LogP contribution in [0.3, 0.4) is 0 Å². The number of nitrogens with one attached hydrogen (secondary N) is 1. The van der Waals surface area contributed by atoms with Crippen LogP contribution in [0.15, 0.2) is 12.5 Å². The van der Waals surface area contributed by atoms with Crippen molar-refractivity contribution in [2.75, 3.05) is 6.54 Å². The molecule has 1 fully saturated rings. The Labute approximate surface area is 107 Å². The van der Waals surface area contributed by atoms with Gasteiger partial charge in [0.05, 0.1) is 18.1 Å². The summed E-state index contributed by atoms with van der Waals surface area (Å²) in [6.07, 6.45) is 7.44. The quantitative estimate of drug-likeness (QED) is 0.844. The van der Waals surface area contributed by atoms with E-state index in [4.69, 9.17) is 5.73 Å². The molecule has 0 radical (unpaired) electrons. The standard InChI is InChI=1S/C11H18N4O.ClH/c1-15-8-13-6-9(15)10(16)14-11(7-12)4-2-3-5-11;/h6,8H,2-5,7,12H2,1H3,(H,14,16);1H. The molecule has 0 aromatic carbocycles. The van der Waals surface area contributed by atoms with Gasteiger partial charge in [-0.3, -0.25) is 4.79 Å². The van der Waals surface area contributed by atoms with Gasteiger partial charge < -0.3 is 15.6 Å². The van der Waals surface area contributed by atoms with Crippen LogP contribution in [0.5, 0.6) is 0 Å². The lowest BCUT2D eigenvalue weighted by Crippen LogP contribution is -2.51. The van der Waals surface area contributed by atoms with Crippen molar-refractivity contribution in [2.24, 2.45) is 12.8 Å². The number of hydrogen-bond donors (Lipinski definition) is 2. The van der Waals surface area contributed by atoms with E-state index in [1.807, 2.05) is 7.05 Å². The molecule has 1 aliphatic rings. The number of nitrogens with two attached hydrogens (primary N) is 1. The summed E-state index contributed by atoms with van der Waals surface area (Å²) in [6.45, 7) is 0.511. The summed E-state index contributed by atoms with van der Waals surface area (Å²) >= 11 is 0. The van der Waals surface area contributed by atoms with Gasteiger partial charge in [0.25, 0.3) is 5.91 Å². The Morgan fingerprint density at radius 2 is 2.24 bits per heavy atom. The minimum atomic E-state index is -0.193. The van der Waals surface area contributed by atoms with E-state index in [9.17, 15) is 4.79 Å². The van der Waals surface area contributed by atoms with Crippen LogP contribution in [0.1, 0.15) is 36.2 Å². The van der Waals surface area contributed by atoms with E-state index < -0.39 is 0 Å². The van der Waals surface area contributed by atoms with Gasteiger partial charge in [0, 0.05) is 13.6 Å². The molecule has 0 bridgehead atoms. The number of aryl methyl sites for hydroxylation is 1. The molecule has 96 valence electrons. The molecule has 0 aliphatic heterocycles. The Kier molecular flexibility index (Phi) is 4.54. The van der Waals surface area contributed by atoms with E-state index >= 15 is 0 Å². The molecular formula is C11H19ClN4O. The van der Waals surface area contributed by atoms with Gasteiger partial charge in [-0.15, -0.1) is 12.4 Å². The predicted octanol–water partition coefficient (Wildman–Crippen LogP) is 0.843. The Balaban J connectivity index is 0.00000144. The van der Waals surface area contributed by atoms with Crippen LogP contribution in [-0.4, -0.2) is 27.5 Å². The number of aromatic nitrogens is 2. The molecule has 0 atom stereocenters. The van der Waals surface area contributed by atoms with Crippen LogP contribution in [-0.2, 0) is 7.05 Å². The molecule has 1 heterocycles. The Morgan fingerprint density at radius 3 is 2.71 bits per heavy atom. The smallest absolute Gasteiger partial charge is 0.270 e. The van der Waals surface area contributed by atoms with Gasteiger partial charge in [-0.25, -0.2) is 4.98 Å². The minimum Gasteiger partial charge on any atom is -0.344 e. The van der Waals surface area contributed by atoms with Gasteiger partial charge >= 0.3 is 0 Å². The zero-order valence-corrected chi connectivity index (χ0v) is 10.8. The van der Waals surface area contributed by atoms with Crippen molar-refractivity contribution in [2.45, 2.75) is 31.2 Å². The molecule has 2 rings (SSSR count). The first-order valence-corrected chi connectivity index (χ1v) is 5.66. The summed E-state index contributed by atoms with van der Waals surface area (Å²) in [4.78, 5) is 16.0. The first kappa shape index (κ1) is 14.0. The molecule has 1 saturated carbocycles. The second kappa shape index (κ2) is 5.51. The molecule has 1 amide bonds. The number of halogens is 1. The number of amides is 1. The molecule has 1 aromatic heterocycles. The van der Waals surface area contributed by atoms with Gasteiger partial charge in [0.1, 0.15) is 5.69 Å². The molecule has 17 heavy (non-hydrogen) atoms. The minimum absolute atomic E-state index is 0. The van der Waals surface area contributed by atoms with Crippen LogP contribution < -0.4 is 11.1 Å². The Hall–Kier alpha value is -1.07. The number of hydrogen-bond acceptors (Lipinski definition) is 3. The van der Waals surface area contributed by atoms with E-state index in [0.29, 0.717) is 12.2 Å². The van der Waals surface area contributed by atoms with Crippen LogP contribution in [0.25, 0.3) is 0 Å². The number of imidazole rings is 1. The fourth-order valence-electron chi connectivity index (χ4n) is 2.31. The molecule has 6 heteroatoms. The van der Waals surface area contributed by atoms with E-state index in [-0.39, 0.29) is 23.9 Å². The van der Waals surface area contributed by atoms with Crippen molar-refractivity contribution in [3.63, 3.8) is 0 Å². The van der Waals surface area contributed by atoms with Crippen molar-refractivity contribution in [1.29, 1.82) is 0 Å². The average molecular weight is 259 g/mol. The van der Waals surface area contributed by atoms with Crippen LogP contribution in [0.4, 0.5) is 0 Å². The molecule has 5 nitrogen and oxygen atoms in total. The molecular weight excluding hydrogens is 240 g/mol. The van der Waals surface area contributed by atoms with E-state index in [1.54, 1.807) is 17.1 Å². The molecule has 0 spiro atoms. The summed E-state index contributed by atoms with van der Waals surface area (Å²) in [5.41, 5.74) is 6.16. The molecule has 3 N–H and O–H groups in total. The molecule has 1 aromatic rings. The van der Waals surface area contributed by atoms with Gasteiger partial charge in [-0.05, 0) is 12.8 Å². The number of carbonyl (C=O) groups is 1. The van der Waals surface area contributed by atoms with Crippen molar-refractivity contribution in [3.8, 4) is 0 Å². The fraction of sp³-hybridized carbons (Fsp3) is 0.636. The van der Waals surface area contributed by atoms with E-state index in [1.165, 1.54) is 0 Å². The average Bonchev–Trinajstić information content (AvgIpc) is 2.87. The van der Waals surface area contributed by atoms with Crippen LogP contribution in [0.2, 0.25) is 0 Å². The highest BCUT2D eigenvalue weighted by molar-refractivity contribution is 5.92. The lowest BCUT2D eigenvalue weighted by atomic mass is 9.97. The van der Waals surface area contributed by atoms with Gasteiger partial charge in [0.15, 0.2) is 0 Å². The maximum absolute atomic E-state index is 12.0. The first-order chi connectivity index (χ1) is 7.67. The van der Waals surface area contributed by atoms with Gasteiger partial charge in [-0.2, -0.15) is 0 Å². The lowest BCUT2D eigenvalue weighted by Gasteiger charge is -2.28. The zero-order valence-electron chi connectivity index (χ0n) is 9.98. The summed E-state index contributed by atoms with van der Waals surface area (Å²) in [6, 6.07) is 0. The molecule has 0 unspecified atom stereocenters. The zero-order chi connectivity index (χ0) is 11.6. The highest BCUT2D eigenvalue weighted by Gasteiger charge is 2.34.